The monoisotopic (exact) mass is 405 g/mol. The fourth-order valence-corrected chi connectivity index (χ4v) is 3.70. The maximum absolute atomic E-state index is 12.6. The van der Waals surface area contributed by atoms with Crippen LogP contribution in [0.25, 0.3) is 0 Å². The number of methoxy groups -OCH3 is 2. The fourth-order valence-electron chi connectivity index (χ4n) is 2.33. The van der Waals surface area contributed by atoms with Crippen LogP contribution in [0.15, 0.2) is 41.3 Å². The van der Waals surface area contributed by atoms with Crippen molar-refractivity contribution in [2.45, 2.75) is 16.8 Å². The van der Waals surface area contributed by atoms with Gasteiger partial charge in [-0.25, -0.2) is 8.42 Å². The van der Waals surface area contributed by atoms with Crippen LogP contribution in [0, 0.1) is 10.1 Å². The van der Waals surface area contributed by atoms with Crippen molar-refractivity contribution in [2.24, 2.45) is 0 Å². The van der Waals surface area contributed by atoms with Crippen LogP contribution in [0.1, 0.15) is 11.1 Å². The number of benzene rings is 2. The Hall–Kier alpha value is -2.82. The van der Waals surface area contributed by atoms with Gasteiger partial charge in [0.05, 0.1) is 35.4 Å². The van der Waals surface area contributed by atoms with Gasteiger partial charge in [-0.1, -0.05) is 12.1 Å². The van der Waals surface area contributed by atoms with Gasteiger partial charge in [0.2, 0.25) is 5.75 Å². The van der Waals surface area contributed by atoms with Gasteiger partial charge < -0.3 is 9.47 Å². The summed E-state index contributed by atoms with van der Waals surface area (Å²) in [5, 5.41) is 11.2. The summed E-state index contributed by atoms with van der Waals surface area (Å²) < 4.78 is 72.8. The van der Waals surface area contributed by atoms with Crippen LogP contribution in [0.5, 0.6) is 11.5 Å². The van der Waals surface area contributed by atoms with E-state index in [1.807, 2.05) is 0 Å². The molecule has 0 aliphatic rings. The summed E-state index contributed by atoms with van der Waals surface area (Å²) in [6.07, 6.45) is -4.54. The average Bonchev–Trinajstić information content (AvgIpc) is 2.59. The van der Waals surface area contributed by atoms with E-state index in [1.54, 1.807) is 0 Å². The minimum atomic E-state index is -4.54. The third-order valence-corrected chi connectivity index (χ3v) is 5.29. The molecule has 0 aliphatic heterocycles. The number of ether oxygens (including phenoxy) is 2. The van der Waals surface area contributed by atoms with Crippen LogP contribution < -0.4 is 9.47 Å². The van der Waals surface area contributed by atoms with E-state index in [0.29, 0.717) is 0 Å². The van der Waals surface area contributed by atoms with Crippen LogP contribution >= 0.6 is 0 Å². The number of sulfone groups is 1. The SMILES string of the molecule is COc1cc(S(=O)(=O)Cc2ccc(C(F)(F)F)cc2)cc([N+](=O)[O-])c1OC. The van der Waals surface area contributed by atoms with E-state index < -0.39 is 42.8 Å². The first-order valence-electron chi connectivity index (χ1n) is 7.29. The Labute approximate surface area is 152 Å². The lowest BCUT2D eigenvalue weighted by atomic mass is 10.1. The first-order chi connectivity index (χ1) is 12.5. The molecule has 27 heavy (non-hydrogen) atoms. The van der Waals surface area contributed by atoms with Crippen LogP contribution in [0.3, 0.4) is 0 Å². The third-order valence-electron chi connectivity index (χ3n) is 3.63. The number of alkyl halides is 3. The topological polar surface area (TPSA) is 95.7 Å². The Morgan fingerprint density at radius 2 is 1.67 bits per heavy atom. The van der Waals surface area contributed by atoms with Crippen molar-refractivity contribution >= 4 is 15.5 Å². The maximum atomic E-state index is 12.6. The summed E-state index contributed by atoms with van der Waals surface area (Å²) in [5.74, 6) is -1.04. The highest BCUT2D eigenvalue weighted by Gasteiger charge is 2.30. The van der Waals surface area contributed by atoms with Crippen molar-refractivity contribution in [1.29, 1.82) is 0 Å². The summed E-state index contributed by atoms with van der Waals surface area (Å²) in [4.78, 5) is 9.96. The van der Waals surface area contributed by atoms with Crippen LogP contribution in [0.4, 0.5) is 18.9 Å². The fraction of sp³-hybridized carbons (Fsp3) is 0.250. The van der Waals surface area contributed by atoms with Gasteiger partial charge in [-0.15, -0.1) is 0 Å². The zero-order valence-electron chi connectivity index (χ0n) is 14.1. The van der Waals surface area contributed by atoms with E-state index >= 15 is 0 Å². The smallest absolute Gasteiger partial charge is 0.416 e. The summed E-state index contributed by atoms with van der Waals surface area (Å²) in [6.45, 7) is 0. The van der Waals surface area contributed by atoms with Crippen LogP contribution in [-0.2, 0) is 21.8 Å². The molecule has 0 saturated carbocycles. The largest absolute Gasteiger partial charge is 0.493 e. The van der Waals surface area contributed by atoms with Gasteiger partial charge in [-0.05, 0) is 17.7 Å². The number of nitrogens with zero attached hydrogens (tertiary/aromatic N) is 1. The molecular formula is C16H14F3NO6S. The first-order valence-corrected chi connectivity index (χ1v) is 8.94. The zero-order chi connectivity index (χ0) is 20.4. The Morgan fingerprint density at radius 1 is 1.07 bits per heavy atom. The van der Waals surface area contributed by atoms with E-state index in [0.717, 1.165) is 36.4 Å². The molecule has 0 aromatic heterocycles. The van der Waals surface area contributed by atoms with Gasteiger partial charge in [0.1, 0.15) is 0 Å². The predicted octanol–water partition coefficient (Wildman–Crippen LogP) is 3.60. The molecule has 11 heteroatoms. The molecular weight excluding hydrogens is 391 g/mol. The number of hydrogen-bond acceptors (Lipinski definition) is 6. The Morgan fingerprint density at radius 3 is 2.11 bits per heavy atom. The highest BCUT2D eigenvalue weighted by Crippen LogP contribution is 2.40. The molecule has 0 spiro atoms. The first kappa shape index (κ1) is 20.5. The Balaban J connectivity index is 2.44. The molecule has 2 aromatic carbocycles. The van der Waals surface area contributed by atoms with E-state index in [9.17, 15) is 31.7 Å². The lowest BCUT2D eigenvalue weighted by Crippen LogP contribution is -2.08. The van der Waals surface area contributed by atoms with Crippen molar-refractivity contribution < 1.29 is 36.0 Å². The maximum Gasteiger partial charge on any atom is 0.416 e. The molecule has 7 nitrogen and oxygen atoms in total. The molecule has 146 valence electrons. The molecule has 0 saturated heterocycles. The summed E-state index contributed by atoms with van der Waals surface area (Å²) in [7, 11) is -1.74. The quantitative estimate of drug-likeness (QED) is 0.538. The molecule has 0 aliphatic carbocycles. The predicted molar refractivity (Wildman–Crippen MR) is 88.5 cm³/mol. The molecule has 0 N–H and O–H groups in total. The standard InChI is InChI=1S/C16H14F3NO6S/c1-25-14-8-12(7-13(20(21)22)15(14)26-2)27(23,24)9-10-3-5-11(6-4-10)16(17,18)19/h3-8H,9H2,1-2H3. The van der Waals surface area contributed by atoms with E-state index in [4.69, 9.17) is 9.47 Å². The Bertz CT molecular complexity index is 955. The minimum absolute atomic E-state index is 0.0976. The van der Waals surface area contributed by atoms with Gasteiger partial charge >= 0.3 is 11.9 Å². The van der Waals surface area contributed by atoms with E-state index in [-0.39, 0.29) is 17.1 Å². The van der Waals surface area contributed by atoms with Gasteiger partial charge in [-0.3, -0.25) is 10.1 Å². The highest BCUT2D eigenvalue weighted by molar-refractivity contribution is 7.90. The normalized spacial score (nSPS) is 11.9. The number of nitro benzene ring substituents is 1. The summed E-state index contributed by atoms with van der Waals surface area (Å²) >= 11 is 0. The van der Waals surface area contributed by atoms with Crippen molar-refractivity contribution in [3.8, 4) is 11.5 Å². The average molecular weight is 405 g/mol. The molecule has 0 bridgehead atoms. The lowest BCUT2D eigenvalue weighted by molar-refractivity contribution is -0.386. The third kappa shape index (κ3) is 4.48. The minimum Gasteiger partial charge on any atom is -0.493 e. The molecule has 0 unspecified atom stereocenters. The number of nitro groups is 1. The van der Waals surface area contributed by atoms with Crippen LogP contribution in [-0.4, -0.2) is 27.6 Å². The van der Waals surface area contributed by atoms with E-state index in [1.165, 1.54) is 14.2 Å². The van der Waals surface area contributed by atoms with Crippen molar-refractivity contribution in [1.82, 2.24) is 0 Å². The molecule has 0 atom stereocenters. The van der Waals surface area contributed by atoms with Crippen molar-refractivity contribution in [2.75, 3.05) is 14.2 Å². The second kappa shape index (κ2) is 7.43. The van der Waals surface area contributed by atoms with Gasteiger partial charge in [0, 0.05) is 12.1 Å². The number of hydrogen-bond donors (Lipinski definition) is 0. The zero-order valence-corrected chi connectivity index (χ0v) is 14.9. The molecule has 0 heterocycles. The molecule has 2 rings (SSSR count). The van der Waals surface area contributed by atoms with Crippen molar-refractivity contribution in [3.63, 3.8) is 0 Å². The van der Waals surface area contributed by atoms with Gasteiger partial charge in [0.15, 0.2) is 15.6 Å². The van der Waals surface area contributed by atoms with Crippen molar-refractivity contribution in [3.05, 3.63) is 57.6 Å². The Kier molecular flexibility index (Phi) is 5.64. The molecule has 2 aromatic rings. The molecule has 0 radical (unpaired) electrons. The number of rotatable bonds is 6. The summed E-state index contributed by atoms with van der Waals surface area (Å²) in [5.41, 5.74) is -1.42. The highest BCUT2D eigenvalue weighted by atomic mass is 32.2. The van der Waals surface area contributed by atoms with Crippen LogP contribution in [0.2, 0.25) is 0 Å². The number of halogens is 3. The summed E-state index contributed by atoms with van der Waals surface area (Å²) in [6, 6.07) is 5.49. The van der Waals surface area contributed by atoms with Gasteiger partial charge in [0.25, 0.3) is 0 Å². The second-order valence-electron chi connectivity index (χ2n) is 5.39. The molecule has 0 fully saturated rings. The van der Waals surface area contributed by atoms with Gasteiger partial charge in [-0.2, -0.15) is 13.2 Å². The second-order valence-corrected chi connectivity index (χ2v) is 7.38. The molecule has 0 amide bonds. The van der Waals surface area contributed by atoms with E-state index in [2.05, 4.69) is 0 Å². The lowest BCUT2D eigenvalue weighted by Gasteiger charge is -2.11.